The Bertz CT molecular complexity index is 1030. The minimum absolute atomic E-state index is 0.173. The molecule has 0 bridgehead atoms. The molecule has 2 aliphatic rings. The Morgan fingerprint density at radius 1 is 1.12 bits per heavy atom. The first-order chi connectivity index (χ1) is 15.6. The summed E-state index contributed by atoms with van der Waals surface area (Å²) in [6.45, 7) is 5.15. The zero-order chi connectivity index (χ0) is 23.8. The van der Waals surface area contributed by atoms with Crippen LogP contribution >= 0.6 is 11.3 Å². The monoisotopic (exact) mass is 480 g/mol. The van der Waals surface area contributed by atoms with E-state index in [0.29, 0.717) is 43.3 Å². The lowest BCUT2D eigenvalue weighted by atomic mass is 10.1. The molecule has 2 aromatic rings. The standard InChI is InChI=1S/C23H27F3N4O2S/c1-14(21(32)28-22-19(20(27)31)17-3-2-4-18(17)33-22)30-11-9-29(10-12-30)13-15-5-7-16(8-6-15)23(24,25)26/h5-8,14H,2-4,9-13H2,1H3,(H2,27,31)(H,28,32)/t14-/m0/s1. The van der Waals surface area contributed by atoms with Gasteiger partial charge in [-0.2, -0.15) is 13.2 Å². The number of nitrogens with one attached hydrogen (secondary N) is 1. The predicted octanol–water partition coefficient (Wildman–Crippen LogP) is 3.50. The summed E-state index contributed by atoms with van der Waals surface area (Å²) in [6.07, 6.45) is -1.60. The number of primary amides is 1. The second-order valence-corrected chi connectivity index (χ2v) is 9.70. The van der Waals surface area contributed by atoms with Gasteiger partial charge in [0, 0.05) is 37.6 Å². The third kappa shape index (κ3) is 5.23. The summed E-state index contributed by atoms with van der Waals surface area (Å²) in [6, 6.07) is 4.87. The number of benzene rings is 1. The molecule has 2 heterocycles. The van der Waals surface area contributed by atoms with Crippen LogP contribution in [0, 0.1) is 0 Å². The Morgan fingerprint density at radius 2 is 1.79 bits per heavy atom. The lowest BCUT2D eigenvalue weighted by Gasteiger charge is -2.37. The third-order valence-corrected chi connectivity index (χ3v) is 7.63. The highest BCUT2D eigenvalue weighted by Gasteiger charge is 2.31. The number of anilines is 1. The molecule has 6 nitrogen and oxygen atoms in total. The molecule has 10 heteroatoms. The van der Waals surface area contributed by atoms with E-state index in [1.165, 1.54) is 23.5 Å². The number of amides is 2. The molecule has 1 aliphatic heterocycles. The van der Waals surface area contributed by atoms with Crippen molar-refractivity contribution in [2.45, 2.75) is 44.9 Å². The fraction of sp³-hybridized carbons (Fsp3) is 0.478. The van der Waals surface area contributed by atoms with Crippen LogP contribution in [0.3, 0.4) is 0 Å². The van der Waals surface area contributed by atoms with Crippen molar-refractivity contribution in [2.24, 2.45) is 5.73 Å². The summed E-state index contributed by atoms with van der Waals surface area (Å²) in [7, 11) is 0. The van der Waals surface area contributed by atoms with Gasteiger partial charge in [-0.3, -0.25) is 19.4 Å². The molecule has 1 aromatic heterocycles. The Kier molecular flexibility index (Phi) is 6.78. The molecule has 0 unspecified atom stereocenters. The number of alkyl halides is 3. The summed E-state index contributed by atoms with van der Waals surface area (Å²) < 4.78 is 38.2. The Morgan fingerprint density at radius 3 is 2.39 bits per heavy atom. The summed E-state index contributed by atoms with van der Waals surface area (Å²) >= 11 is 1.44. The maximum absolute atomic E-state index is 12.9. The van der Waals surface area contributed by atoms with E-state index in [1.54, 1.807) is 0 Å². The van der Waals surface area contributed by atoms with Gasteiger partial charge in [0.05, 0.1) is 17.2 Å². The first kappa shape index (κ1) is 23.7. The number of halogens is 3. The van der Waals surface area contributed by atoms with Crippen LogP contribution < -0.4 is 11.1 Å². The highest BCUT2D eigenvalue weighted by atomic mass is 32.1. The maximum atomic E-state index is 12.9. The van der Waals surface area contributed by atoms with Crippen LogP contribution in [0.1, 0.15) is 45.3 Å². The summed E-state index contributed by atoms with van der Waals surface area (Å²) in [4.78, 5) is 30.2. The SMILES string of the molecule is C[C@@H](C(=O)Nc1sc2c(c1C(N)=O)CCC2)N1CCN(Cc2ccc(C(F)(F)F)cc2)CC1. The lowest BCUT2D eigenvalue weighted by molar-refractivity contribution is -0.137. The number of thiophene rings is 1. The molecule has 0 spiro atoms. The van der Waals surface area contributed by atoms with Crippen LogP contribution in [0.2, 0.25) is 0 Å². The average Bonchev–Trinajstić information content (AvgIpc) is 3.34. The van der Waals surface area contributed by atoms with Gasteiger partial charge in [-0.15, -0.1) is 11.3 Å². The Labute approximate surface area is 194 Å². The molecule has 0 radical (unpaired) electrons. The van der Waals surface area contributed by atoms with Gasteiger partial charge >= 0.3 is 6.18 Å². The molecule has 1 aromatic carbocycles. The van der Waals surface area contributed by atoms with Gasteiger partial charge in [0.1, 0.15) is 5.00 Å². The molecule has 1 aliphatic carbocycles. The number of rotatable bonds is 6. The molecule has 4 rings (SSSR count). The molecule has 1 fully saturated rings. The van der Waals surface area contributed by atoms with Gasteiger partial charge < -0.3 is 11.1 Å². The van der Waals surface area contributed by atoms with Crippen molar-refractivity contribution in [2.75, 3.05) is 31.5 Å². The van der Waals surface area contributed by atoms with Gasteiger partial charge in [-0.05, 0) is 49.4 Å². The molecule has 2 amide bonds. The van der Waals surface area contributed by atoms with Crippen LogP contribution in [0.5, 0.6) is 0 Å². The molecule has 3 N–H and O–H groups in total. The number of hydrogen-bond donors (Lipinski definition) is 2. The number of fused-ring (bicyclic) bond motifs is 1. The van der Waals surface area contributed by atoms with Crippen LogP contribution in [-0.4, -0.2) is 53.8 Å². The number of hydrogen-bond acceptors (Lipinski definition) is 5. The third-order valence-electron chi connectivity index (χ3n) is 6.43. The van der Waals surface area contributed by atoms with Crippen molar-refractivity contribution in [3.8, 4) is 0 Å². The van der Waals surface area contributed by atoms with Crippen molar-refractivity contribution in [3.05, 3.63) is 51.4 Å². The molecular weight excluding hydrogens is 453 g/mol. The lowest BCUT2D eigenvalue weighted by Crippen LogP contribution is -2.52. The number of piperazine rings is 1. The van der Waals surface area contributed by atoms with E-state index in [4.69, 9.17) is 5.73 Å². The van der Waals surface area contributed by atoms with Crippen molar-refractivity contribution in [1.29, 1.82) is 0 Å². The van der Waals surface area contributed by atoms with E-state index >= 15 is 0 Å². The van der Waals surface area contributed by atoms with Crippen LogP contribution in [0.15, 0.2) is 24.3 Å². The second kappa shape index (κ2) is 9.44. The van der Waals surface area contributed by atoms with Gasteiger partial charge in [0.15, 0.2) is 0 Å². The first-order valence-corrected chi connectivity index (χ1v) is 11.8. The molecular formula is C23H27F3N4O2S. The summed E-state index contributed by atoms with van der Waals surface area (Å²) in [5.41, 5.74) is 7.19. The largest absolute Gasteiger partial charge is 0.416 e. The molecule has 178 valence electrons. The van der Waals surface area contributed by atoms with Crippen molar-refractivity contribution in [1.82, 2.24) is 9.80 Å². The zero-order valence-electron chi connectivity index (χ0n) is 18.4. The van der Waals surface area contributed by atoms with Gasteiger partial charge in [0.2, 0.25) is 5.91 Å². The summed E-state index contributed by atoms with van der Waals surface area (Å²) in [5.74, 6) is -0.678. The zero-order valence-corrected chi connectivity index (χ0v) is 19.2. The Hall–Kier alpha value is -2.43. The topological polar surface area (TPSA) is 78.7 Å². The minimum Gasteiger partial charge on any atom is -0.365 e. The van der Waals surface area contributed by atoms with Crippen molar-refractivity contribution < 1.29 is 22.8 Å². The van der Waals surface area contributed by atoms with Crippen LogP contribution in [-0.2, 0) is 30.4 Å². The smallest absolute Gasteiger partial charge is 0.365 e. The van der Waals surface area contributed by atoms with Gasteiger partial charge in [-0.1, -0.05) is 12.1 Å². The van der Waals surface area contributed by atoms with E-state index < -0.39 is 17.6 Å². The fourth-order valence-electron chi connectivity index (χ4n) is 4.50. The van der Waals surface area contributed by atoms with E-state index in [-0.39, 0.29) is 11.9 Å². The maximum Gasteiger partial charge on any atom is 0.416 e. The highest BCUT2D eigenvalue weighted by molar-refractivity contribution is 7.17. The van der Waals surface area contributed by atoms with Gasteiger partial charge in [-0.25, -0.2) is 0 Å². The quantitative estimate of drug-likeness (QED) is 0.664. The Balaban J connectivity index is 1.31. The highest BCUT2D eigenvalue weighted by Crippen LogP contribution is 2.39. The number of nitrogens with two attached hydrogens (primary N) is 1. The van der Waals surface area contributed by atoms with Crippen LogP contribution in [0.4, 0.5) is 18.2 Å². The number of carbonyl (C=O) groups is 2. The van der Waals surface area contributed by atoms with E-state index in [0.717, 1.165) is 47.4 Å². The normalized spacial score (nSPS) is 18.2. The van der Waals surface area contributed by atoms with Gasteiger partial charge in [0.25, 0.3) is 5.91 Å². The molecule has 1 atom stereocenters. The minimum atomic E-state index is -4.33. The number of aryl methyl sites for hydroxylation is 1. The number of carbonyl (C=O) groups excluding carboxylic acids is 2. The second-order valence-electron chi connectivity index (χ2n) is 8.60. The van der Waals surface area contributed by atoms with E-state index in [2.05, 4.69) is 15.1 Å². The van der Waals surface area contributed by atoms with E-state index in [9.17, 15) is 22.8 Å². The fourth-order valence-corrected chi connectivity index (χ4v) is 5.80. The molecule has 0 saturated carbocycles. The van der Waals surface area contributed by atoms with Crippen molar-refractivity contribution in [3.63, 3.8) is 0 Å². The summed E-state index contributed by atoms with van der Waals surface area (Å²) in [5, 5.41) is 3.46. The average molecular weight is 481 g/mol. The van der Waals surface area contributed by atoms with Crippen LogP contribution in [0.25, 0.3) is 0 Å². The van der Waals surface area contributed by atoms with Crippen molar-refractivity contribution >= 4 is 28.2 Å². The first-order valence-electron chi connectivity index (χ1n) is 11.0. The predicted molar refractivity (Wildman–Crippen MR) is 121 cm³/mol. The molecule has 1 saturated heterocycles. The number of nitrogens with zero attached hydrogens (tertiary/aromatic N) is 2. The molecule has 33 heavy (non-hydrogen) atoms. The van der Waals surface area contributed by atoms with E-state index in [1.807, 2.05) is 6.92 Å².